The van der Waals surface area contributed by atoms with E-state index in [1.165, 1.54) is 10.4 Å². The van der Waals surface area contributed by atoms with E-state index in [9.17, 15) is 5.11 Å². The maximum Gasteiger partial charge on any atom is 0.115 e. The molecule has 0 bridgehead atoms. The minimum Gasteiger partial charge on any atom is -0.508 e. The second-order valence-corrected chi connectivity index (χ2v) is 5.23. The van der Waals surface area contributed by atoms with E-state index in [0.717, 1.165) is 18.7 Å². The highest BCUT2D eigenvalue weighted by atomic mass is 32.1. The first-order chi connectivity index (χ1) is 8.70. The quantitative estimate of drug-likeness (QED) is 0.868. The zero-order chi connectivity index (χ0) is 13.0. The van der Waals surface area contributed by atoms with Gasteiger partial charge in [-0.15, -0.1) is 11.3 Å². The van der Waals surface area contributed by atoms with Gasteiger partial charge in [0.05, 0.1) is 11.2 Å². The average molecular weight is 262 g/mol. The third-order valence-electron chi connectivity index (χ3n) is 3.06. The zero-order valence-corrected chi connectivity index (χ0v) is 11.5. The molecule has 2 aromatic rings. The van der Waals surface area contributed by atoms with Gasteiger partial charge in [-0.1, -0.05) is 19.1 Å². The number of hydrogen-bond donors (Lipinski definition) is 2. The molecule has 0 spiro atoms. The SMILES string of the molecule is CCC(NCc1scnc1C)c1ccc(O)cc1. The first kappa shape index (κ1) is 13.1. The summed E-state index contributed by atoms with van der Waals surface area (Å²) in [6.45, 7) is 5.04. The van der Waals surface area contributed by atoms with Crippen LogP contribution < -0.4 is 5.32 Å². The van der Waals surface area contributed by atoms with E-state index in [1.54, 1.807) is 23.5 Å². The van der Waals surface area contributed by atoms with Crippen LogP contribution in [0.4, 0.5) is 0 Å². The molecule has 1 aromatic heterocycles. The van der Waals surface area contributed by atoms with E-state index in [-0.39, 0.29) is 0 Å². The summed E-state index contributed by atoms with van der Waals surface area (Å²) in [5.74, 6) is 0.312. The van der Waals surface area contributed by atoms with E-state index in [1.807, 2.05) is 24.6 Å². The standard InChI is InChI=1S/C14H18N2OS/c1-3-13(11-4-6-12(17)7-5-11)15-8-14-10(2)16-9-18-14/h4-7,9,13,15,17H,3,8H2,1-2H3. The van der Waals surface area contributed by atoms with Gasteiger partial charge in [0.1, 0.15) is 5.75 Å². The van der Waals surface area contributed by atoms with E-state index < -0.39 is 0 Å². The molecule has 0 aliphatic rings. The Balaban J connectivity index is 2.01. The van der Waals surface area contributed by atoms with Crippen LogP contribution in [0.5, 0.6) is 5.75 Å². The van der Waals surface area contributed by atoms with Gasteiger partial charge >= 0.3 is 0 Å². The van der Waals surface area contributed by atoms with E-state index in [2.05, 4.69) is 17.2 Å². The number of aryl methyl sites for hydroxylation is 1. The summed E-state index contributed by atoms with van der Waals surface area (Å²) in [4.78, 5) is 5.53. The number of rotatable bonds is 5. The Kier molecular flexibility index (Phi) is 4.33. The molecule has 0 fully saturated rings. The number of hydrogen-bond acceptors (Lipinski definition) is 4. The summed E-state index contributed by atoms with van der Waals surface area (Å²) in [6.07, 6.45) is 1.02. The Hall–Kier alpha value is -1.39. The smallest absolute Gasteiger partial charge is 0.115 e. The fraction of sp³-hybridized carbons (Fsp3) is 0.357. The minimum absolute atomic E-state index is 0.312. The van der Waals surface area contributed by atoms with Gasteiger partial charge in [0.15, 0.2) is 0 Å². The number of aromatic hydroxyl groups is 1. The summed E-state index contributed by atoms with van der Waals surface area (Å²) in [7, 11) is 0. The van der Waals surface area contributed by atoms with Crippen molar-refractivity contribution in [2.75, 3.05) is 0 Å². The number of thiazole rings is 1. The third-order valence-corrected chi connectivity index (χ3v) is 3.99. The van der Waals surface area contributed by atoms with Gasteiger partial charge in [-0.2, -0.15) is 0 Å². The lowest BCUT2D eigenvalue weighted by Crippen LogP contribution is -2.20. The second kappa shape index (κ2) is 5.98. The summed E-state index contributed by atoms with van der Waals surface area (Å²) in [5, 5.41) is 12.8. The third kappa shape index (κ3) is 3.09. The van der Waals surface area contributed by atoms with Crippen molar-refractivity contribution in [2.24, 2.45) is 0 Å². The Morgan fingerprint density at radius 2 is 2.06 bits per heavy atom. The molecule has 0 saturated carbocycles. The largest absolute Gasteiger partial charge is 0.508 e. The van der Waals surface area contributed by atoms with Gasteiger partial charge in [-0.05, 0) is 31.0 Å². The van der Waals surface area contributed by atoms with Gasteiger partial charge in [0.25, 0.3) is 0 Å². The zero-order valence-electron chi connectivity index (χ0n) is 10.7. The van der Waals surface area contributed by atoms with Crippen molar-refractivity contribution in [3.63, 3.8) is 0 Å². The molecule has 0 aliphatic heterocycles. The number of nitrogens with one attached hydrogen (secondary N) is 1. The number of phenolic OH excluding ortho intramolecular Hbond substituents is 1. The number of nitrogens with zero attached hydrogens (tertiary/aromatic N) is 1. The molecular formula is C14H18N2OS. The van der Waals surface area contributed by atoms with Crippen molar-refractivity contribution in [1.29, 1.82) is 0 Å². The molecule has 18 heavy (non-hydrogen) atoms. The van der Waals surface area contributed by atoms with Crippen molar-refractivity contribution in [3.05, 3.63) is 45.9 Å². The number of aromatic nitrogens is 1. The monoisotopic (exact) mass is 262 g/mol. The minimum atomic E-state index is 0.312. The summed E-state index contributed by atoms with van der Waals surface area (Å²) in [5.41, 5.74) is 4.19. The first-order valence-electron chi connectivity index (χ1n) is 6.12. The van der Waals surface area contributed by atoms with Crippen LogP contribution in [0.3, 0.4) is 0 Å². The number of benzene rings is 1. The first-order valence-corrected chi connectivity index (χ1v) is 7.00. The van der Waals surface area contributed by atoms with E-state index >= 15 is 0 Å². The molecule has 2 rings (SSSR count). The maximum atomic E-state index is 9.30. The second-order valence-electron chi connectivity index (χ2n) is 4.29. The van der Waals surface area contributed by atoms with Crippen LogP contribution in [0.25, 0.3) is 0 Å². The molecule has 1 heterocycles. The van der Waals surface area contributed by atoms with Crippen LogP contribution in [-0.2, 0) is 6.54 Å². The topological polar surface area (TPSA) is 45.2 Å². The van der Waals surface area contributed by atoms with Crippen LogP contribution in [0.15, 0.2) is 29.8 Å². The van der Waals surface area contributed by atoms with Crippen molar-refractivity contribution in [1.82, 2.24) is 10.3 Å². The molecule has 1 atom stereocenters. The molecule has 96 valence electrons. The molecular weight excluding hydrogens is 244 g/mol. The average Bonchev–Trinajstić information content (AvgIpc) is 2.78. The predicted octanol–water partition coefficient (Wildman–Crippen LogP) is 3.40. The molecule has 1 unspecified atom stereocenters. The van der Waals surface area contributed by atoms with Gasteiger partial charge < -0.3 is 10.4 Å². The van der Waals surface area contributed by atoms with Crippen LogP contribution >= 0.6 is 11.3 Å². The summed E-state index contributed by atoms with van der Waals surface area (Å²) >= 11 is 1.69. The molecule has 3 nitrogen and oxygen atoms in total. The normalized spacial score (nSPS) is 12.6. The highest BCUT2D eigenvalue weighted by molar-refractivity contribution is 7.09. The lowest BCUT2D eigenvalue weighted by atomic mass is 10.0. The highest BCUT2D eigenvalue weighted by Crippen LogP contribution is 2.21. The lowest BCUT2D eigenvalue weighted by molar-refractivity contribution is 0.473. The van der Waals surface area contributed by atoms with E-state index in [4.69, 9.17) is 0 Å². The van der Waals surface area contributed by atoms with Crippen molar-refractivity contribution >= 4 is 11.3 Å². The molecule has 0 aliphatic carbocycles. The van der Waals surface area contributed by atoms with Crippen LogP contribution in [0.1, 0.15) is 35.5 Å². The fourth-order valence-electron chi connectivity index (χ4n) is 1.92. The van der Waals surface area contributed by atoms with Crippen LogP contribution in [0.2, 0.25) is 0 Å². The van der Waals surface area contributed by atoms with Crippen LogP contribution in [0, 0.1) is 6.92 Å². The molecule has 0 radical (unpaired) electrons. The molecule has 4 heteroatoms. The Morgan fingerprint density at radius 1 is 1.33 bits per heavy atom. The fourth-order valence-corrected chi connectivity index (χ4v) is 2.64. The highest BCUT2D eigenvalue weighted by Gasteiger charge is 2.10. The molecule has 0 amide bonds. The maximum absolute atomic E-state index is 9.30. The van der Waals surface area contributed by atoms with Crippen LogP contribution in [-0.4, -0.2) is 10.1 Å². The van der Waals surface area contributed by atoms with Crippen molar-refractivity contribution in [2.45, 2.75) is 32.9 Å². The Morgan fingerprint density at radius 3 is 2.61 bits per heavy atom. The summed E-state index contributed by atoms with van der Waals surface area (Å²) < 4.78 is 0. The van der Waals surface area contributed by atoms with Gasteiger partial charge in [0, 0.05) is 17.5 Å². The van der Waals surface area contributed by atoms with Gasteiger partial charge in [-0.25, -0.2) is 4.98 Å². The van der Waals surface area contributed by atoms with Crippen molar-refractivity contribution < 1.29 is 5.11 Å². The molecule has 1 aromatic carbocycles. The number of phenols is 1. The lowest BCUT2D eigenvalue weighted by Gasteiger charge is -2.17. The Labute approximate surface area is 112 Å². The van der Waals surface area contributed by atoms with Gasteiger partial charge in [-0.3, -0.25) is 0 Å². The van der Waals surface area contributed by atoms with Crippen molar-refractivity contribution in [3.8, 4) is 5.75 Å². The van der Waals surface area contributed by atoms with E-state index in [0.29, 0.717) is 11.8 Å². The van der Waals surface area contributed by atoms with Gasteiger partial charge in [0.2, 0.25) is 0 Å². The molecule has 0 saturated heterocycles. The predicted molar refractivity (Wildman–Crippen MR) is 74.8 cm³/mol. The summed E-state index contributed by atoms with van der Waals surface area (Å²) in [6, 6.07) is 7.72. The molecule has 2 N–H and O–H groups in total. The Bertz CT molecular complexity index is 493.